The molecule has 7 heteroatoms. The van der Waals surface area contributed by atoms with Gasteiger partial charge in [0.2, 0.25) is 5.91 Å². The van der Waals surface area contributed by atoms with Gasteiger partial charge in [0.05, 0.1) is 5.75 Å². The van der Waals surface area contributed by atoms with Crippen LogP contribution in [0.15, 0.2) is 41.7 Å². The summed E-state index contributed by atoms with van der Waals surface area (Å²) in [6.07, 6.45) is 2.81. The number of nitrogens with one attached hydrogen (secondary N) is 1. The van der Waals surface area contributed by atoms with Gasteiger partial charge in [-0.1, -0.05) is 37.7 Å². The number of halogens is 1. The van der Waals surface area contributed by atoms with Crippen molar-refractivity contribution in [3.63, 3.8) is 0 Å². The standard InChI is InChI=1S/C20H25FN4OS/c1-14-7-15(2)11-25(10-14)18-8-20(24-13-23-18)27-12-19(26)22-9-16-3-5-17(21)6-4-16/h3-6,8,13-15H,7,9-12H2,1-2H3,(H,22,26)/t14-,15-/m1/s1. The van der Waals surface area contributed by atoms with Crippen LogP contribution in [0.1, 0.15) is 25.8 Å². The summed E-state index contributed by atoms with van der Waals surface area (Å²) in [7, 11) is 0. The summed E-state index contributed by atoms with van der Waals surface area (Å²) in [6, 6.07) is 8.07. The molecule has 0 aliphatic carbocycles. The molecule has 0 spiro atoms. The minimum atomic E-state index is -0.280. The minimum absolute atomic E-state index is 0.0790. The van der Waals surface area contributed by atoms with Crippen LogP contribution in [0.5, 0.6) is 0 Å². The molecule has 1 aliphatic heterocycles. The highest BCUT2D eigenvalue weighted by atomic mass is 32.2. The van der Waals surface area contributed by atoms with Crippen molar-refractivity contribution in [2.75, 3.05) is 23.7 Å². The van der Waals surface area contributed by atoms with Gasteiger partial charge in [-0.15, -0.1) is 0 Å². The largest absolute Gasteiger partial charge is 0.356 e. The molecule has 2 atom stereocenters. The Morgan fingerprint density at radius 2 is 1.93 bits per heavy atom. The monoisotopic (exact) mass is 388 g/mol. The van der Waals surface area contributed by atoms with Gasteiger partial charge in [-0.25, -0.2) is 14.4 Å². The number of hydrogen-bond donors (Lipinski definition) is 1. The molecule has 0 radical (unpaired) electrons. The van der Waals surface area contributed by atoms with E-state index in [0.717, 1.165) is 29.5 Å². The molecule has 2 heterocycles. The first-order valence-electron chi connectivity index (χ1n) is 9.20. The summed E-state index contributed by atoms with van der Waals surface area (Å²) in [6.45, 7) is 6.93. The molecule has 0 saturated carbocycles. The van der Waals surface area contributed by atoms with E-state index in [1.54, 1.807) is 18.5 Å². The lowest BCUT2D eigenvalue weighted by molar-refractivity contribution is -0.118. The number of amides is 1. The number of anilines is 1. The third-order valence-electron chi connectivity index (χ3n) is 4.57. The molecule has 1 aromatic carbocycles. The van der Waals surface area contributed by atoms with Gasteiger partial charge in [0.25, 0.3) is 0 Å². The van der Waals surface area contributed by atoms with Crippen LogP contribution in [-0.2, 0) is 11.3 Å². The van der Waals surface area contributed by atoms with Crippen LogP contribution >= 0.6 is 11.8 Å². The number of piperidine rings is 1. The fraction of sp³-hybridized carbons (Fsp3) is 0.450. The van der Waals surface area contributed by atoms with Gasteiger partial charge in [-0.05, 0) is 36.0 Å². The molecule has 144 valence electrons. The molecule has 1 amide bonds. The van der Waals surface area contributed by atoms with Crippen molar-refractivity contribution in [3.8, 4) is 0 Å². The van der Waals surface area contributed by atoms with Gasteiger partial charge < -0.3 is 10.2 Å². The number of thioether (sulfide) groups is 1. The highest BCUT2D eigenvalue weighted by Crippen LogP contribution is 2.26. The van der Waals surface area contributed by atoms with Crippen molar-refractivity contribution >= 4 is 23.5 Å². The number of carbonyl (C=O) groups is 1. The number of carbonyl (C=O) groups excluding carboxylic acids is 1. The van der Waals surface area contributed by atoms with E-state index in [1.165, 1.54) is 30.3 Å². The maximum atomic E-state index is 12.9. The molecule has 3 rings (SSSR count). The Morgan fingerprint density at radius 1 is 1.22 bits per heavy atom. The fourth-order valence-corrected chi connectivity index (χ4v) is 4.12. The second kappa shape index (κ2) is 9.17. The van der Waals surface area contributed by atoms with E-state index in [4.69, 9.17) is 0 Å². The predicted molar refractivity (Wildman–Crippen MR) is 106 cm³/mol. The Bertz CT molecular complexity index is 761. The van der Waals surface area contributed by atoms with Crippen LogP contribution in [0, 0.1) is 17.7 Å². The van der Waals surface area contributed by atoms with E-state index in [9.17, 15) is 9.18 Å². The van der Waals surface area contributed by atoms with Crippen LogP contribution in [-0.4, -0.2) is 34.7 Å². The molecule has 1 N–H and O–H groups in total. The molecule has 1 aliphatic rings. The van der Waals surface area contributed by atoms with Crippen molar-refractivity contribution in [2.24, 2.45) is 11.8 Å². The maximum Gasteiger partial charge on any atom is 0.230 e. The van der Waals surface area contributed by atoms with Crippen molar-refractivity contribution in [1.82, 2.24) is 15.3 Å². The Morgan fingerprint density at radius 3 is 2.63 bits per heavy atom. The molecular formula is C20H25FN4OS. The van der Waals surface area contributed by atoms with Crippen molar-refractivity contribution in [2.45, 2.75) is 31.8 Å². The molecule has 27 heavy (non-hydrogen) atoms. The van der Waals surface area contributed by atoms with E-state index >= 15 is 0 Å². The lowest BCUT2D eigenvalue weighted by Gasteiger charge is -2.35. The molecule has 0 unspecified atom stereocenters. The zero-order valence-electron chi connectivity index (χ0n) is 15.7. The molecule has 1 saturated heterocycles. The minimum Gasteiger partial charge on any atom is -0.356 e. The molecule has 0 bridgehead atoms. The second-order valence-electron chi connectivity index (χ2n) is 7.26. The van der Waals surface area contributed by atoms with Gasteiger partial charge in [0.15, 0.2) is 0 Å². The second-order valence-corrected chi connectivity index (χ2v) is 8.25. The van der Waals surface area contributed by atoms with Crippen LogP contribution in [0.25, 0.3) is 0 Å². The first kappa shape index (κ1) is 19.6. The third kappa shape index (κ3) is 5.92. The van der Waals surface area contributed by atoms with Crippen LogP contribution in [0.2, 0.25) is 0 Å². The topological polar surface area (TPSA) is 58.1 Å². The van der Waals surface area contributed by atoms with Gasteiger partial charge in [-0.3, -0.25) is 4.79 Å². The van der Waals surface area contributed by atoms with E-state index < -0.39 is 0 Å². The normalized spacial score (nSPS) is 19.7. The lowest BCUT2D eigenvalue weighted by Crippen LogP contribution is -2.39. The Labute approximate surface area is 163 Å². The average Bonchev–Trinajstić information content (AvgIpc) is 2.65. The average molecular weight is 389 g/mol. The predicted octanol–water partition coefficient (Wildman–Crippen LogP) is 3.51. The highest BCUT2D eigenvalue weighted by molar-refractivity contribution is 7.99. The Hall–Kier alpha value is -2.15. The van der Waals surface area contributed by atoms with Crippen LogP contribution in [0.3, 0.4) is 0 Å². The molecule has 2 aromatic rings. The molecule has 5 nitrogen and oxygen atoms in total. The number of nitrogens with zero attached hydrogens (tertiary/aromatic N) is 3. The summed E-state index contributed by atoms with van der Waals surface area (Å²) in [5.74, 6) is 2.15. The van der Waals surface area contributed by atoms with Gasteiger partial charge in [0.1, 0.15) is 23.0 Å². The smallest absolute Gasteiger partial charge is 0.230 e. The highest BCUT2D eigenvalue weighted by Gasteiger charge is 2.23. The molecular weight excluding hydrogens is 363 g/mol. The van der Waals surface area contributed by atoms with Crippen LogP contribution < -0.4 is 10.2 Å². The summed E-state index contributed by atoms with van der Waals surface area (Å²) in [4.78, 5) is 23.1. The van der Waals surface area contributed by atoms with Crippen molar-refractivity contribution < 1.29 is 9.18 Å². The number of hydrogen-bond acceptors (Lipinski definition) is 5. The van der Waals surface area contributed by atoms with Crippen molar-refractivity contribution in [1.29, 1.82) is 0 Å². The quantitative estimate of drug-likeness (QED) is 0.606. The SMILES string of the molecule is C[C@@H]1C[C@@H](C)CN(c2cc(SCC(=O)NCc3ccc(F)cc3)ncn2)C1. The molecule has 1 fully saturated rings. The zero-order chi connectivity index (χ0) is 19.2. The van der Waals surface area contributed by atoms with E-state index in [-0.39, 0.29) is 17.5 Å². The molecule has 1 aromatic heterocycles. The van der Waals surface area contributed by atoms with E-state index in [0.29, 0.717) is 18.4 Å². The number of benzene rings is 1. The number of rotatable bonds is 6. The van der Waals surface area contributed by atoms with E-state index in [1.807, 2.05) is 6.07 Å². The summed E-state index contributed by atoms with van der Waals surface area (Å²) < 4.78 is 12.9. The van der Waals surface area contributed by atoms with E-state index in [2.05, 4.69) is 34.0 Å². The summed E-state index contributed by atoms with van der Waals surface area (Å²) in [5.41, 5.74) is 0.868. The van der Waals surface area contributed by atoms with Crippen LogP contribution in [0.4, 0.5) is 10.2 Å². The Balaban J connectivity index is 1.50. The third-order valence-corrected chi connectivity index (χ3v) is 5.50. The fourth-order valence-electron chi connectivity index (χ4n) is 3.43. The first-order chi connectivity index (χ1) is 13.0. The van der Waals surface area contributed by atoms with Gasteiger partial charge in [0, 0.05) is 25.7 Å². The maximum absolute atomic E-state index is 12.9. The van der Waals surface area contributed by atoms with Gasteiger partial charge in [-0.2, -0.15) is 0 Å². The van der Waals surface area contributed by atoms with Crippen molar-refractivity contribution in [3.05, 3.63) is 48.0 Å². The Kier molecular flexibility index (Phi) is 6.66. The summed E-state index contributed by atoms with van der Waals surface area (Å²) in [5, 5.41) is 3.64. The summed E-state index contributed by atoms with van der Waals surface area (Å²) >= 11 is 1.40. The lowest BCUT2D eigenvalue weighted by atomic mass is 9.92. The first-order valence-corrected chi connectivity index (χ1v) is 10.2. The van der Waals surface area contributed by atoms with Gasteiger partial charge >= 0.3 is 0 Å². The zero-order valence-corrected chi connectivity index (χ0v) is 16.5. The number of aromatic nitrogens is 2.